The monoisotopic (exact) mass is 667 g/mol. The van der Waals surface area contributed by atoms with Gasteiger partial charge in [0.2, 0.25) is 27.6 Å². The SMILES string of the molecule is CC(C)[C@H](NC(=O)[C@@H]1CCCN1C(=O)[C@@H](NC(=O)c1ccc(C(=O)NS(=O)(=O)C(C)C)cc1)C(C)C)C(=O)c1nc2ccccc2o1. The van der Waals surface area contributed by atoms with Crippen molar-refractivity contribution < 1.29 is 36.8 Å². The van der Waals surface area contributed by atoms with Gasteiger partial charge in [0.15, 0.2) is 5.58 Å². The Kier molecular flexibility index (Phi) is 10.8. The summed E-state index contributed by atoms with van der Waals surface area (Å²) in [5.74, 6) is -3.55. The number of likely N-dealkylation sites (tertiary alicyclic amines) is 1. The Balaban J connectivity index is 1.44. The molecular weight excluding hydrogens is 626 g/mol. The standard InChI is InChI=1S/C33H41N5O8S/c1-18(2)26(28(39)32-34-23-10-7-8-12-25(23)46-32)35-31(42)24-11-9-17-38(24)33(43)27(19(3)4)36-29(40)21-13-15-22(16-14-21)30(41)37-47(44,45)20(5)6/h7-8,10,12-16,18-20,24,26-27H,9,11,17H2,1-6H3,(H,35,42)(H,36,40)(H,37,41)/t24-,26-,27-/m0/s1. The number of carbonyl (C=O) groups is 5. The minimum absolute atomic E-state index is 0.0440. The molecule has 3 N–H and O–H groups in total. The summed E-state index contributed by atoms with van der Waals surface area (Å²) in [6.07, 6.45) is 0.943. The molecule has 13 nitrogen and oxygen atoms in total. The fourth-order valence-electron chi connectivity index (χ4n) is 5.19. The molecule has 14 heteroatoms. The lowest BCUT2D eigenvalue weighted by Gasteiger charge is -2.31. The van der Waals surface area contributed by atoms with Crippen LogP contribution in [-0.2, 0) is 19.6 Å². The third kappa shape index (κ3) is 8.05. The molecule has 4 amide bonds. The van der Waals surface area contributed by atoms with E-state index in [1.807, 2.05) is 4.72 Å². The van der Waals surface area contributed by atoms with E-state index in [-0.39, 0.29) is 28.9 Å². The summed E-state index contributed by atoms with van der Waals surface area (Å²) < 4.78 is 31.7. The van der Waals surface area contributed by atoms with E-state index in [1.165, 1.54) is 43.0 Å². The van der Waals surface area contributed by atoms with Gasteiger partial charge in [0.05, 0.1) is 11.3 Å². The molecule has 0 bridgehead atoms. The number of oxazole rings is 1. The van der Waals surface area contributed by atoms with Crippen LogP contribution >= 0.6 is 0 Å². The van der Waals surface area contributed by atoms with Crippen LogP contribution in [0.1, 0.15) is 85.8 Å². The predicted molar refractivity (Wildman–Crippen MR) is 174 cm³/mol. The third-order valence-corrected chi connectivity index (χ3v) is 9.79. The molecule has 1 fully saturated rings. The minimum Gasteiger partial charge on any atom is -0.434 e. The highest BCUT2D eigenvalue weighted by Gasteiger charge is 2.40. The maximum atomic E-state index is 13.8. The van der Waals surface area contributed by atoms with E-state index in [1.54, 1.807) is 52.0 Å². The van der Waals surface area contributed by atoms with Crippen LogP contribution in [0.15, 0.2) is 52.9 Å². The maximum Gasteiger partial charge on any atom is 0.266 e. The molecule has 1 aromatic heterocycles. The average Bonchev–Trinajstić information content (AvgIpc) is 3.69. The van der Waals surface area contributed by atoms with Crippen LogP contribution in [0.2, 0.25) is 0 Å². The molecule has 1 saturated heterocycles. The van der Waals surface area contributed by atoms with Crippen LogP contribution in [0.5, 0.6) is 0 Å². The number of para-hydroxylation sites is 2. The Bertz CT molecular complexity index is 1730. The molecule has 1 aliphatic rings. The Morgan fingerprint density at radius 2 is 1.43 bits per heavy atom. The fourth-order valence-corrected chi connectivity index (χ4v) is 5.81. The van der Waals surface area contributed by atoms with Gasteiger partial charge in [-0.15, -0.1) is 0 Å². The largest absolute Gasteiger partial charge is 0.434 e. The first kappa shape index (κ1) is 35.3. The summed E-state index contributed by atoms with van der Waals surface area (Å²) in [4.78, 5) is 72.0. The van der Waals surface area contributed by atoms with E-state index in [4.69, 9.17) is 4.42 Å². The van der Waals surface area contributed by atoms with Crippen LogP contribution < -0.4 is 15.4 Å². The second kappa shape index (κ2) is 14.4. The van der Waals surface area contributed by atoms with Gasteiger partial charge >= 0.3 is 0 Å². The highest BCUT2D eigenvalue weighted by atomic mass is 32.2. The number of Topliss-reactive ketones (excluding diaryl/α,β-unsaturated/α-hetero) is 1. The Labute approximate surface area is 273 Å². The summed E-state index contributed by atoms with van der Waals surface area (Å²) >= 11 is 0. The van der Waals surface area contributed by atoms with Crippen LogP contribution in [-0.4, -0.2) is 77.6 Å². The first-order valence-electron chi connectivity index (χ1n) is 15.6. The summed E-state index contributed by atoms with van der Waals surface area (Å²) in [5, 5.41) is 4.76. The molecule has 0 unspecified atom stereocenters. The average molecular weight is 668 g/mol. The molecule has 0 radical (unpaired) electrons. The van der Waals surface area contributed by atoms with Crippen molar-refractivity contribution in [1.82, 2.24) is 25.2 Å². The van der Waals surface area contributed by atoms with Crippen LogP contribution in [0.4, 0.5) is 0 Å². The van der Waals surface area contributed by atoms with Crippen LogP contribution in [0.25, 0.3) is 11.1 Å². The predicted octanol–water partition coefficient (Wildman–Crippen LogP) is 3.06. The zero-order valence-corrected chi connectivity index (χ0v) is 28.1. The topological polar surface area (TPSA) is 185 Å². The second-order valence-corrected chi connectivity index (χ2v) is 14.8. The van der Waals surface area contributed by atoms with E-state index >= 15 is 0 Å². The van der Waals surface area contributed by atoms with Crippen molar-refractivity contribution in [3.63, 3.8) is 0 Å². The third-order valence-electron chi connectivity index (χ3n) is 8.07. The Morgan fingerprint density at radius 3 is 2.00 bits per heavy atom. The zero-order chi connectivity index (χ0) is 34.6. The molecule has 47 heavy (non-hydrogen) atoms. The second-order valence-electron chi connectivity index (χ2n) is 12.6. The van der Waals surface area contributed by atoms with Gasteiger partial charge in [-0.05, 0) is 74.9 Å². The Morgan fingerprint density at radius 1 is 0.830 bits per heavy atom. The number of benzene rings is 2. The van der Waals surface area contributed by atoms with Crippen molar-refractivity contribution in [2.75, 3.05) is 6.54 Å². The van der Waals surface area contributed by atoms with E-state index in [9.17, 15) is 32.4 Å². The van der Waals surface area contributed by atoms with Crippen molar-refractivity contribution in [3.8, 4) is 0 Å². The van der Waals surface area contributed by atoms with Crippen molar-refractivity contribution in [2.24, 2.45) is 11.8 Å². The van der Waals surface area contributed by atoms with Crippen molar-refractivity contribution >= 4 is 50.5 Å². The van der Waals surface area contributed by atoms with E-state index in [2.05, 4.69) is 15.6 Å². The van der Waals surface area contributed by atoms with Gasteiger partial charge in [-0.3, -0.25) is 24.0 Å². The maximum absolute atomic E-state index is 13.8. The molecule has 0 spiro atoms. The molecule has 3 aromatic rings. The summed E-state index contributed by atoms with van der Waals surface area (Å²) in [7, 11) is -3.83. The molecule has 1 aliphatic heterocycles. The summed E-state index contributed by atoms with van der Waals surface area (Å²) in [5.41, 5.74) is 1.18. The zero-order valence-electron chi connectivity index (χ0n) is 27.3. The highest BCUT2D eigenvalue weighted by molar-refractivity contribution is 7.90. The van der Waals surface area contributed by atoms with Gasteiger partial charge in [0.25, 0.3) is 17.7 Å². The van der Waals surface area contributed by atoms with Gasteiger partial charge in [-0.2, -0.15) is 0 Å². The quantitative estimate of drug-likeness (QED) is 0.244. The number of amides is 4. The van der Waals surface area contributed by atoms with E-state index in [0.29, 0.717) is 30.5 Å². The molecule has 0 aliphatic carbocycles. The molecule has 2 aromatic carbocycles. The van der Waals surface area contributed by atoms with Gasteiger partial charge in [0.1, 0.15) is 17.6 Å². The lowest BCUT2D eigenvalue weighted by molar-refractivity contribution is -0.140. The van der Waals surface area contributed by atoms with Gasteiger partial charge in [-0.1, -0.05) is 39.8 Å². The number of carbonyl (C=O) groups excluding carboxylic acids is 5. The van der Waals surface area contributed by atoms with Crippen LogP contribution in [0.3, 0.4) is 0 Å². The fraction of sp³-hybridized carbons (Fsp3) is 0.455. The molecule has 0 saturated carbocycles. The Hall–Kier alpha value is -4.59. The summed E-state index contributed by atoms with van der Waals surface area (Å²) in [6.45, 7) is 10.3. The first-order valence-corrected chi connectivity index (χ1v) is 17.1. The number of hydrogen-bond acceptors (Lipinski definition) is 9. The molecule has 252 valence electrons. The van der Waals surface area contributed by atoms with Gasteiger partial charge in [-0.25, -0.2) is 18.1 Å². The van der Waals surface area contributed by atoms with E-state index < -0.39 is 62.8 Å². The molecule has 2 heterocycles. The summed E-state index contributed by atoms with van der Waals surface area (Å²) in [6, 6.07) is 9.57. The smallest absolute Gasteiger partial charge is 0.266 e. The van der Waals surface area contributed by atoms with Crippen LogP contribution in [0, 0.1) is 11.8 Å². The number of ketones is 1. The van der Waals surface area contributed by atoms with Crippen molar-refractivity contribution in [2.45, 2.75) is 77.8 Å². The number of hydrogen-bond donors (Lipinski definition) is 3. The number of fused-ring (bicyclic) bond motifs is 1. The number of nitrogens with one attached hydrogen (secondary N) is 3. The van der Waals surface area contributed by atoms with Crippen molar-refractivity contribution in [3.05, 3.63) is 65.5 Å². The normalized spacial score (nSPS) is 16.4. The van der Waals surface area contributed by atoms with Gasteiger partial charge < -0.3 is 20.0 Å². The lowest BCUT2D eigenvalue weighted by atomic mass is 9.98. The minimum atomic E-state index is -3.83. The number of sulfonamides is 1. The number of aromatic nitrogens is 1. The first-order chi connectivity index (χ1) is 22.1. The number of nitrogens with zero attached hydrogens (tertiary/aromatic N) is 2. The lowest BCUT2D eigenvalue weighted by Crippen LogP contribution is -2.57. The molecule has 4 rings (SSSR count). The van der Waals surface area contributed by atoms with E-state index in [0.717, 1.165) is 0 Å². The van der Waals surface area contributed by atoms with Crippen molar-refractivity contribution in [1.29, 1.82) is 0 Å². The highest BCUT2D eigenvalue weighted by Crippen LogP contribution is 2.23. The number of rotatable bonds is 12. The van der Waals surface area contributed by atoms with Gasteiger partial charge in [0, 0.05) is 17.7 Å². The molecule has 3 atom stereocenters. The molecular formula is C33H41N5O8S.